The third kappa shape index (κ3) is 3.56. The summed E-state index contributed by atoms with van der Waals surface area (Å²) in [5.74, 6) is 0.664. The Hall–Kier alpha value is -2.43. The number of nitrogens with zero attached hydrogens (tertiary/aromatic N) is 2. The zero-order valence-electron chi connectivity index (χ0n) is 12.3. The molecule has 0 radical (unpaired) electrons. The zero-order valence-corrected chi connectivity index (χ0v) is 12.3. The standard InChI is InChI=1S/C16H19N3O2/c1-3-11-17-15-10-9-14(19(20)21)16(18-15)13-7-5-12(4-2)6-8-13/h5-10H,3-4,11H2,1-2H3,(H,17,18). The number of anilines is 1. The minimum absolute atomic E-state index is 0.0290. The summed E-state index contributed by atoms with van der Waals surface area (Å²) in [7, 11) is 0. The van der Waals surface area contributed by atoms with Gasteiger partial charge in [-0.05, 0) is 24.5 Å². The predicted octanol–water partition coefficient (Wildman–Crippen LogP) is 4.04. The van der Waals surface area contributed by atoms with Crippen LogP contribution in [0, 0.1) is 10.1 Å². The predicted molar refractivity (Wildman–Crippen MR) is 84.5 cm³/mol. The fourth-order valence-electron chi connectivity index (χ4n) is 2.06. The van der Waals surface area contributed by atoms with Crippen molar-refractivity contribution in [3.05, 3.63) is 52.1 Å². The molecule has 0 amide bonds. The molecule has 110 valence electrons. The van der Waals surface area contributed by atoms with Crippen LogP contribution in [0.15, 0.2) is 36.4 Å². The third-order valence-corrected chi connectivity index (χ3v) is 3.26. The molecule has 1 aromatic carbocycles. The van der Waals surface area contributed by atoms with Gasteiger partial charge in [0.2, 0.25) is 0 Å². The Balaban J connectivity index is 2.43. The molecule has 0 aliphatic heterocycles. The molecule has 0 saturated heterocycles. The highest BCUT2D eigenvalue weighted by Gasteiger charge is 2.17. The maximum absolute atomic E-state index is 11.2. The Morgan fingerprint density at radius 1 is 1.14 bits per heavy atom. The number of hydrogen-bond donors (Lipinski definition) is 1. The van der Waals surface area contributed by atoms with Gasteiger partial charge in [0.1, 0.15) is 5.82 Å². The molecule has 0 fully saturated rings. The topological polar surface area (TPSA) is 68.1 Å². The SMILES string of the molecule is CCCNc1ccc([N+](=O)[O-])c(-c2ccc(CC)cc2)n1. The molecule has 0 spiro atoms. The average Bonchev–Trinajstić information content (AvgIpc) is 2.52. The fraction of sp³-hybridized carbons (Fsp3) is 0.312. The summed E-state index contributed by atoms with van der Waals surface area (Å²) in [4.78, 5) is 15.2. The number of nitrogens with one attached hydrogen (secondary N) is 1. The first-order valence-corrected chi connectivity index (χ1v) is 7.14. The van der Waals surface area contributed by atoms with E-state index in [-0.39, 0.29) is 10.6 Å². The Kier molecular flexibility index (Phi) is 4.87. The highest BCUT2D eigenvalue weighted by molar-refractivity contribution is 5.71. The summed E-state index contributed by atoms with van der Waals surface area (Å²) < 4.78 is 0. The third-order valence-electron chi connectivity index (χ3n) is 3.26. The highest BCUT2D eigenvalue weighted by Crippen LogP contribution is 2.29. The van der Waals surface area contributed by atoms with E-state index in [1.54, 1.807) is 6.07 Å². The van der Waals surface area contributed by atoms with Crippen LogP contribution in [-0.4, -0.2) is 16.5 Å². The molecule has 0 bridgehead atoms. The molecule has 0 aliphatic carbocycles. The molecule has 0 atom stereocenters. The maximum atomic E-state index is 11.2. The van der Waals surface area contributed by atoms with Crippen molar-refractivity contribution in [3.8, 4) is 11.3 Å². The van der Waals surface area contributed by atoms with Crippen LogP contribution in [0.25, 0.3) is 11.3 Å². The van der Waals surface area contributed by atoms with Gasteiger partial charge in [0.15, 0.2) is 5.69 Å². The summed E-state index contributed by atoms with van der Waals surface area (Å²) in [5.41, 5.74) is 2.39. The van der Waals surface area contributed by atoms with Gasteiger partial charge >= 0.3 is 0 Å². The number of hydrogen-bond acceptors (Lipinski definition) is 4. The minimum Gasteiger partial charge on any atom is -0.370 e. The first-order chi connectivity index (χ1) is 10.2. The van der Waals surface area contributed by atoms with E-state index in [0.29, 0.717) is 11.5 Å². The highest BCUT2D eigenvalue weighted by atomic mass is 16.6. The minimum atomic E-state index is -0.389. The van der Waals surface area contributed by atoms with Crippen LogP contribution in [0.1, 0.15) is 25.8 Å². The van der Waals surface area contributed by atoms with Crippen molar-refractivity contribution in [3.63, 3.8) is 0 Å². The molecule has 1 heterocycles. The maximum Gasteiger partial charge on any atom is 0.295 e. The van der Waals surface area contributed by atoms with Gasteiger partial charge in [-0.25, -0.2) is 4.98 Å². The summed E-state index contributed by atoms with van der Waals surface area (Å²) in [6.45, 7) is 4.92. The van der Waals surface area contributed by atoms with Crippen molar-refractivity contribution < 1.29 is 4.92 Å². The average molecular weight is 285 g/mol. The van der Waals surface area contributed by atoms with Crippen LogP contribution < -0.4 is 5.32 Å². The molecule has 1 aromatic heterocycles. The van der Waals surface area contributed by atoms with Crippen molar-refractivity contribution >= 4 is 11.5 Å². The van der Waals surface area contributed by atoms with Crippen LogP contribution in [0.2, 0.25) is 0 Å². The van der Waals surface area contributed by atoms with E-state index in [1.807, 2.05) is 24.3 Å². The first kappa shape index (κ1) is 15.0. The van der Waals surface area contributed by atoms with Crippen LogP contribution in [0.3, 0.4) is 0 Å². The van der Waals surface area contributed by atoms with Crippen molar-refractivity contribution in [1.29, 1.82) is 0 Å². The quantitative estimate of drug-likeness (QED) is 0.642. The molecule has 0 aliphatic rings. The molecule has 5 heteroatoms. The summed E-state index contributed by atoms with van der Waals surface area (Å²) in [5, 5.41) is 14.3. The monoisotopic (exact) mass is 285 g/mol. The van der Waals surface area contributed by atoms with Crippen molar-refractivity contribution in [1.82, 2.24) is 4.98 Å². The fourth-order valence-corrected chi connectivity index (χ4v) is 2.06. The lowest BCUT2D eigenvalue weighted by molar-refractivity contribution is -0.384. The molecule has 0 saturated carbocycles. The number of aryl methyl sites for hydroxylation is 1. The van der Waals surface area contributed by atoms with Crippen LogP contribution in [0.5, 0.6) is 0 Å². The van der Waals surface area contributed by atoms with E-state index in [0.717, 1.165) is 24.9 Å². The lowest BCUT2D eigenvalue weighted by atomic mass is 10.1. The van der Waals surface area contributed by atoms with Gasteiger partial charge in [-0.15, -0.1) is 0 Å². The normalized spacial score (nSPS) is 10.4. The first-order valence-electron chi connectivity index (χ1n) is 7.14. The van der Waals surface area contributed by atoms with E-state index in [1.165, 1.54) is 11.6 Å². The van der Waals surface area contributed by atoms with Crippen molar-refractivity contribution in [2.24, 2.45) is 0 Å². The van der Waals surface area contributed by atoms with Gasteiger partial charge in [-0.2, -0.15) is 0 Å². The van der Waals surface area contributed by atoms with Crippen molar-refractivity contribution in [2.45, 2.75) is 26.7 Å². The second kappa shape index (κ2) is 6.83. The number of nitro groups is 1. The van der Waals surface area contributed by atoms with Gasteiger partial charge < -0.3 is 5.32 Å². The van der Waals surface area contributed by atoms with Crippen LogP contribution in [-0.2, 0) is 6.42 Å². The second-order valence-electron chi connectivity index (χ2n) is 4.80. The summed E-state index contributed by atoms with van der Waals surface area (Å²) >= 11 is 0. The lowest BCUT2D eigenvalue weighted by Crippen LogP contribution is -2.04. The number of rotatable bonds is 6. The van der Waals surface area contributed by atoms with Crippen LogP contribution >= 0.6 is 0 Å². The van der Waals surface area contributed by atoms with E-state index in [4.69, 9.17) is 0 Å². The zero-order chi connectivity index (χ0) is 15.2. The molecular formula is C16H19N3O2. The largest absolute Gasteiger partial charge is 0.370 e. The van der Waals surface area contributed by atoms with Gasteiger partial charge in [-0.3, -0.25) is 10.1 Å². The van der Waals surface area contributed by atoms with Gasteiger partial charge in [-0.1, -0.05) is 38.1 Å². The molecule has 0 unspecified atom stereocenters. The number of pyridine rings is 1. The van der Waals surface area contributed by atoms with E-state index < -0.39 is 0 Å². The smallest absolute Gasteiger partial charge is 0.295 e. The Labute approximate surface area is 124 Å². The number of benzene rings is 1. The molecular weight excluding hydrogens is 266 g/mol. The van der Waals surface area contributed by atoms with E-state index in [9.17, 15) is 10.1 Å². The molecule has 21 heavy (non-hydrogen) atoms. The summed E-state index contributed by atoms with van der Waals surface area (Å²) in [6.07, 6.45) is 1.91. The molecule has 5 nitrogen and oxygen atoms in total. The lowest BCUT2D eigenvalue weighted by Gasteiger charge is -2.08. The van der Waals surface area contributed by atoms with Crippen LogP contribution in [0.4, 0.5) is 11.5 Å². The Bertz CT molecular complexity index is 624. The van der Waals surface area contributed by atoms with Gasteiger partial charge in [0.05, 0.1) is 4.92 Å². The molecule has 2 aromatic rings. The van der Waals surface area contributed by atoms with Gasteiger partial charge in [0, 0.05) is 18.2 Å². The van der Waals surface area contributed by atoms with E-state index in [2.05, 4.69) is 24.1 Å². The molecule has 2 rings (SSSR count). The summed E-state index contributed by atoms with van der Waals surface area (Å²) in [6, 6.07) is 10.9. The van der Waals surface area contributed by atoms with Gasteiger partial charge in [0.25, 0.3) is 5.69 Å². The van der Waals surface area contributed by atoms with Crippen molar-refractivity contribution in [2.75, 3.05) is 11.9 Å². The second-order valence-corrected chi connectivity index (χ2v) is 4.80. The van der Waals surface area contributed by atoms with E-state index >= 15 is 0 Å². The number of aromatic nitrogens is 1. The molecule has 1 N–H and O–H groups in total. The Morgan fingerprint density at radius 3 is 2.43 bits per heavy atom. The Morgan fingerprint density at radius 2 is 1.86 bits per heavy atom.